The van der Waals surface area contributed by atoms with Crippen molar-refractivity contribution in [3.63, 3.8) is 0 Å². The number of nitrogens with two attached hydrogens (primary N) is 1. The van der Waals surface area contributed by atoms with Crippen LogP contribution in [0.15, 0.2) is 29.9 Å². The van der Waals surface area contributed by atoms with Crippen LogP contribution in [0.3, 0.4) is 0 Å². The molecule has 2 rings (SSSR count). The summed E-state index contributed by atoms with van der Waals surface area (Å²) in [6.07, 6.45) is 1.85. The minimum Gasteiger partial charge on any atom is -0.492 e. The van der Waals surface area contributed by atoms with E-state index in [1.165, 1.54) is 4.88 Å². The third kappa shape index (κ3) is 2.88. The van der Waals surface area contributed by atoms with Gasteiger partial charge < -0.3 is 15.8 Å². The van der Waals surface area contributed by atoms with Gasteiger partial charge in [0.1, 0.15) is 5.75 Å². The van der Waals surface area contributed by atoms with E-state index in [0.717, 1.165) is 18.0 Å². The molecule has 1 heterocycles. The molecule has 0 amide bonds. The van der Waals surface area contributed by atoms with Gasteiger partial charge in [0.2, 0.25) is 0 Å². The number of nitrogen functional groups attached to an aromatic ring is 1. The summed E-state index contributed by atoms with van der Waals surface area (Å²) >= 11 is 1.62. The van der Waals surface area contributed by atoms with E-state index >= 15 is 0 Å². The van der Waals surface area contributed by atoms with E-state index in [4.69, 9.17) is 10.5 Å². The zero-order valence-electron chi connectivity index (χ0n) is 9.64. The van der Waals surface area contributed by atoms with Crippen molar-refractivity contribution in [1.82, 2.24) is 4.98 Å². The fourth-order valence-corrected chi connectivity index (χ4v) is 2.03. The van der Waals surface area contributed by atoms with Crippen LogP contribution in [-0.2, 0) is 6.54 Å². The van der Waals surface area contributed by atoms with Crippen LogP contribution in [0.25, 0.3) is 0 Å². The van der Waals surface area contributed by atoms with Gasteiger partial charge in [-0.15, -0.1) is 11.3 Å². The first-order valence-corrected chi connectivity index (χ1v) is 6.31. The van der Waals surface area contributed by atoms with Crippen molar-refractivity contribution >= 4 is 22.7 Å². The molecule has 90 valence electrons. The normalized spacial score (nSPS) is 10.2. The number of thiazole rings is 1. The number of para-hydroxylation sites is 1. The van der Waals surface area contributed by atoms with Crippen molar-refractivity contribution in [3.05, 3.63) is 34.8 Å². The quantitative estimate of drug-likeness (QED) is 0.800. The Morgan fingerprint density at radius 2 is 2.35 bits per heavy atom. The lowest BCUT2D eigenvalue weighted by molar-refractivity contribution is 0.342. The van der Waals surface area contributed by atoms with Crippen molar-refractivity contribution in [1.29, 1.82) is 0 Å². The predicted molar refractivity (Wildman–Crippen MR) is 71.5 cm³/mol. The van der Waals surface area contributed by atoms with Crippen LogP contribution in [0.5, 0.6) is 5.75 Å². The molecule has 3 N–H and O–H groups in total. The largest absolute Gasteiger partial charge is 0.492 e. The molecule has 0 aliphatic rings. The lowest BCUT2D eigenvalue weighted by atomic mass is 10.2. The Labute approximate surface area is 104 Å². The van der Waals surface area contributed by atoms with Gasteiger partial charge in [0.15, 0.2) is 0 Å². The fraction of sp³-hybridized carbons (Fsp3) is 0.250. The SMILES string of the molecule is CCOc1cccc(NCc2cncs2)c1N. The molecule has 0 saturated heterocycles. The van der Waals surface area contributed by atoms with E-state index < -0.39 is 0 Å². The molecule has 0 fully saturated rings. The van der Waals surface area contributed by atoms with Crippen LogP contribution < -0.4 is 15.8 Å². The maximum Gasteiger partial charge on any atom is 0.144 e. The first kappa shape index (κ1) is 11.7. The zero-order chi connectivity index (χ0) is 12.1. The molecule has 0 atom stereocenters. The molecule has 5 heteroatoms. The van der Waals surface area contributed by atoms with Crippen molar-refractivity contribution in [3.8, 4) is 5.75 Å². The molecule has 0 aliphatic heterocycles. The predicted octanol–water partition coefficient (Wildman–Crippen LogP) is 2.74. The summed E-state index contributed by atoms with van der Waals surface area (Å²) < 4.78 is 5.44. The maximum atomic E-state index is 6.01. The van der Waals surface area contributed by atoms with Gasteiger partial charge in [0.05, 0.1) is 30.0 Å². The second-order valence-corrected chi connectivity index (χ2v) is 4.44. The molecular weight excluding hydrogens is 234 g/mol. The van der Waals surface area contributed by atoms with E-state index in [-0.39, 0.29) is 0 Å². The average Bonchev–Trinajstić information content (AvgIpc) is 2.83. The second kappa shape index (κ2) is 5.54. The highest BCUT2D eigenvalue weighted by Gasteiger charge is 2.05. The van der Waals surface area contributed by atoms with Gasteiger partial charge in [-0.25, -0.2) is 0 Å². The summed E-state index contributed by atoms with van der Waals surface area (Å²) in [6, 6.07) is 5.74. The molecular formula is C12H15N3OS. The van der Waals surface area contributed by atoms with Gasteiger partial charge in [0, 0.05) is 11.1 Å². The Morgan fingerprint density at radius 1 is 1.47 bits per heavy atom. The number of rotatable bonds is 5. The highest BCUT2D eigenvalue weighted by atomic mass is 32.1. The van der Waals surface area contributed by atoms with E-state index in [0.29, 0.717) is 12.3 Å². The standard InChI is InChI=1S/C12H15N3OS/c1-2-16-11-5-3-4-10(12(11)13)15-7-9-6-14-8-17-9/h3-6,8,15H,2,7,13H2,1H3. The Balaban J connectivity index is 2.07. The molecule has 0 bridgehead atoms. The first-order chi connectivity index (χ1) is 8.31. The summed E-state index contributed by atoms with van der Waals surface area (Å²) in [5.41, 5.74) is 9.37. The number of nitrogens with zero attached hydrogens (tertiary/aromatic N) is 1. The number of anilines is 2. The summed E-state index contributed by atoms with van der Waals surface area (Å²) in [6.45, 7) is 3.28. The molecule has 0 saturated carbocycles. The topological polar surface area (TPSA) is 60.2 Å². The van der Waals surface area contributed by atoms with Crippen LogP contribution in [0, 0.1) is 0 Å². The van der Waals surface area contributed by atoms with Gasteiger partial charge >= 0.3 is 0 Å². The molecule has 2 aromatic rings. The van der Waals surface area contributed by atoms with Gasteiger partial charge in [-0.2, -0.15) is 0 Å². The highest BCUT2D eigenvalue weighted by Crippen LogP contribution is 2.29. The molecule has 17 heavy (non-hydrogen) atoms. The summed E-state index contributed by atoms with van der Waals surface area (Å²) in [4.78, 5) is 5.20. The number of hydrogen-bond donors (Lipinski definition) is 2. The molecule has 0 spiro atoms. The van der Waals surface area contributed by atoms with E-state index in [2.05, 4.69) is 10.3 Å². The monoisotopic (exact) mass is 249 g/mol. The second-order valence-electron chi connectivity index (χ2n) is 3.47. The molecule has 1 aromatic heterocycles. The lowest BCUT2D eigenvalue weighted by Crippen LogP contribution is -2.03. The smallest absolute Gasteiger partial charge is 0.144 e. The third-order valence-corrected chi connectivity index (χ3v) is 3.08. The Bertz CT molecular complexity index is 471. The van der Waals surface area contributed by atoms with Gasteiger partial charge in [0.25, 0.3) is 0 Å². The molecule has 0 aliphatic carbocycles. The summed E-state index contributed by atoms with van der Waals surface area (Å²) in [5.74, 6) is 0.724. The van der Waals surface area contributed by atoms with Crippen molar-refractivity contribution < 1.29 is 4.74 Å². The summed E-state index contributed by atoms with van der Waals surface area (Å²) in [7, 11) is 0. The Morgan fingerprint density at radius 3 is 3.06 bits per heavy atom. The molecule has 1 aromatic carbocycles. The number of benzene rings is 1. The highest BCUT2D eigenvalue weighted by molar-refractivity contribution is 7.09. The van der Waals surface area contributed by atoms with Crippen LogP contribution in [-0.4, -0.2) is 11.6 Å². The van der Waals surface area contributed by atoms with E-state index in [9.17, 15) is 0 Å². The zero-order valence-corrected chi connectivity index (χ0v) is 10.5. The average molecular weight is 249 g/mol. The van der Waals surface area contributed by atoms with E-state index in [1.54, 1.807) is 11.3 Å². The molecule has 0 unspecified atom stereocenters. The maximum absolute atomic E-state index is 6.01. The van der Waals surface area contributed by atoms with Crippen molar-refractivity contribution in [2.75, 3.05) is 17.7 Å². The Kier molecular flexibility index (Phi) is 3.82. The van der Waals surface area contributed by atoms with Gasteiger partial charge in [-0.1, -0.05) is 6.07 Å². The Hall–Kier alpha value is -1.75. The van der Waals surface area contributed by atoms with Crippen LogP contribution >= 0.6 is 11.3 Å². The minimum absolute atomic E-state index is 0.614. The van der Waals surface area contributed by atoms with Gasteiger partial charge in [-0.3, -0.25) is 4.98 Å². The van der Waals surface area contributed by atoms with Crippen LogP contribution in [0.4, 0.5) is 11.4 Å². The van der Waals surface area contributed by atoms with Crippen LogP contribution in [0.2, 0.25) is 0 Å². The number of ether oxygens (including phenoxy) is 1. The first-order valence-electron chi connectivity index (χ1n) is 5.43. The molecule has 0 radical (unpaired) electrons. The van der Waals surface area contributed by atoms with Crippen LogP contribution in [0.1, 0.15) is 11.8 Å². The lowest BCUT2D eigenvalue weighted by Gasteiger charge is -2.12. The molecule has 4 nitrogen and oxygen atoms in total. The number of hydrogen-bond acceptors (Lipinski definition) is 5. The van der Waals surface area contributed by atoms with Crippen molar-refractivity contribution in [2.45, 2.75) is 13.5 Å². The number of nitrogens with one attached hydrogen (secondary N) is 1. The van der Waals surface area contributed by atoms with Gasteiger partial charge in [-0.05, 0) is 19.1 Å². The third-order valence-electron chi connectivity index (χ3n) is 2.30. The minimum atomic E-state index is 0.614. The summed E-state index contributed by atoms with van der Waals surface area (Å²) in [5, 5.41) is 3.28. The number of aromatic nitrogens is 1. The van der Waals surface area contributed by atoms with Crippen molar-refractivity contribution in [2.24, 2.45) is 0 Å². The fourth-order valence-electron chi connectivity index (χ4n) is 1.49. The van der Waals surface area contributed by atoms with E-state index in [1.807, 2.05) is 36.8 Å².